The fraction of sp³-hybridized carbons (Fsp3) is 0.526. The van der Waals surface area contributed by atoms with Gasteiger partial charge in [-0.2, -0.15) is 16.5 Å². The third kappa shape index (κ3) is 7.51. The Bertz CT molecular complexity index is 684. The molecule has 1 aromatic carbocycles. The fourth-order valence-electron chi connectivity index (χ4n) is 3.00. The predicted octanol–water partition coefficient (Wildman–Crippen LogP) is 3.15. The lowest BCUT2D eigenvalue weighted by Crippen LogP contribution is -2.49. The minimum Gasteiger partial charge on any atom is -0.352 e. The van der Waals surface area contributed by atoms with Crippen LogP contribution in [0.5, 0.6) is 0 Å². The van der Waals surface area contributed by atoms with Gasteiger partial charge in [0.2, 0.25) is 15.9 Å². The van der Waals surface area contributed by atoms with Gasteiger partial charge in [0.15, 0.2) is 0 Å². The van der Waals surface area contributed by atoms with Crippen LogP contribution in [-0.4, -0.2) is 38.4 Å². The third-order valence-corrected chi connectivity index (χ3v) is 6.18. The molecule has 0 heterocycles. The van der Waals surface area contributed by atoms with E-state index >= 15 is 0 Å². The van der Waals surface area contributed by atoms with Crippen molar-refractivity contribution in [3.8, 4) is 0 Å². The lowest BCUT2D eigenvalue weighted by atomic mass is 9.95. The van der Waals surface area contributed by atoms with Crippen molar-refractivity contribution in [1.82, 2.24) is 10.0 Å². The van der Waals surface area contributed by atoms with Gasteiger partial charge in [0.1, 0.15) is 6.04 Å². The number of nitrogens with one attached hydrogen (secondary N) is 2. The van der Waals surface area contributed by atoms with Crippen LogP contribution in [0.15, 0.2) is 35.7 Å². The first-order chi connectivity index (χ1) is 12.5. The number of carbonyl (C=O) groups excluding carboxylic acids is 1. The first-order valence-electron chi connectivity index (χ1n) is 9.05. The molecule has 1 aliphatic rings. The molecular weight excluding hydrogens is 368 g/mol. The van der Waals surface area contributed by atoms with Gasteiger partial charge in [-0.15, -0.1) is 0 Å². The zero-order valence-electron chi connectivity index (χ0n) is 15.2. The van der Waals surface area contributed by atoms with Gasteiger partial charge in [-0.05, 0) is 42.9 Å². The van der Waals surface area contributed by atoms with Gasteiger partial charge >= 0.3 is 0 Å². The summed E-state index contributed by atoms with van der Waals surface area (Å²) < 4.78 is 27.3. The molecule has 26 heavy (non-hydrogen) atoms. The van der Waals surface area contributed by atoms with E-state index in [1.807, 2.05) is 36.6 Å². The predicted molar refractivity (Wildman–Crippen MR) is 109 cm³/mol. The summed E-state index contributed by atoms with van der Waals surface area (Å²) in [5.41, 5.74) is 0.796. The molecular formula is C19H28N2O3S2. The monoisotopic (exact) mass is 396 g/mol. The van der Waals surface area contributed by atoms with Gasteiger partial charge in [-0.3, -0.25) is 4.79 Å². The Balaban J connectivity index is 2.00. The minimum atomic E-state index is -3.70. The highest BCUT2D eigenvalue weighted by molar-refractivity contribution is 7.98. The highest BCUT2D eigenvalue weighted by Crippen LogP contribution is 2.17. The van der Waals surface area contributed by atoms with Crippen molar-refractivity contribution in [3.63, 3.8) is 0 Å². The van der Waals surface area contributed by atoms with Gasteiger partial charge < -0.3 is 5.32 Å². The number of amides is 1. The summed E-state index contributed by atoms with van der Waals surface area (Å²) >= 11 is 1.60. The molecule has 1 amide bonds. The molecule has 0 unspecified atom stereocenters. The molecule has 1 atom stereocenters. The maximum atomic E-state index is 12.6. The molecule has 0 radical (unpaired) electrons. The Morgan fingerprint density at radius 3 is 2.58 bits per heavy atom. The van der Waals surface area contributed by atoms with Crippen molar-refractivity contribution in [3.05, 3.63) is 41.3 Å². The molecule has 1 fully saturated rings. The van der Waals surface area contributed by atoms with E-state index < -0.39 is 16.1 Å². The van der Waals surface area contributed by atoms with E-state index in [-0.39, 0.29) is 11.9 Å². The Kier molecular flexibility index (Phi) is 8.68. The van der Waals surface area contributed by atoms with E-state index in [0.29, 0.717) is 12.2 Å². The topological polar surface area (TPSA) is 75.3 Å². The summed E-state index contributed by atoms with van der Waals surface area (Å²) in [4.78, 5) is 12.6. The molecule has 5 nitrogen and oxygen atoms in total. The van der Waals surface area contributed by atoms with Gasteiger partial charge in [0.05, 0.1) is 0 Å². The molecule has 1 saturated carbocycles. The van der Waals surface area contributed by atoms with Crippen molar-refractivity contribution in [1.29, 1.82) is 0 Å². The van der Waals surface area contributed by atoms with Crippen molar-refractivity contribution in [2.75, 3.05) is 12.0 Å². The van der Waals surface area contributed by atoms with Crippen LogP contribution in [0.4, 0.5) is 0 Å². The van der Waals surface area contributed by atoms with Gasteiger partial charge in [0.25, 0.3) is 0 Å². The zero-order chi connectivity index (χ0) is 18.8. The molecule has 2 N–H and O–H groups in total. The van der Waals surface area contributed by atoms with E-state index in [9.17, 15) is 13.2 Å². The Morgan fingerprint density at radius 1 is 1.23 bits per heavy atom. The van der Waals surface area contributed by atoms with Crippen molar-refractivity contribution >= 4 is 33.8 Å². The van der Waals surface area contributed by atoms with E-state index in [1.165, 1.54) is 12.5 Å². The highest BCUT2D eigenvalue weighted by Gasteiger charge is 2.25. The van der Waals surface area contributed by atoms with Crippen LogP contribution in [0, 0.1) is 0 Å². The zero-order valence-corrected chi connectivity index (χ0v) is 16.8. The van der Waals surface area contributed by atoms with E-state index in [4.69, 9.17) is 0 Å². The minimum absolute atomic E-state index is 0.164. The van der Waals surface area contributed by atoms with Crippen LogP contribution in [0.1, 0.15) is 44.1 Å². The second kappa shape index (κ2) is 10.7. The molecule has 1 aliphatic carbocycles. The normalized spacial score (nSPS) is 17.3. The van der Waals surface area contributed by atoms with Crippen LogP contribution in [0.25, 0.3) is 6.08 Å². The molecule has 144 valence electrons. The molecule has 0 bridgehead atoms. The largest absolute Gasteiger partial charge is 0.352 e. The molecule has 0 saturated heterocycles. The number of rotatable bonds is 9. The maximum absolute atomic E-state index is 12.6. The van der Waals surface area contributed by atoms with E-state index in [1.54, 1.807) is 11.8 Å². The van der Waals surface area contributed by atoms with Crippen LogP contribution in [0.3, 0.4) is 0 Å². The molecule has 1 aromatic rings. The lowest BCUT2D eigenvalue weighted by Gasteiger charge is -2.25. The number of sulfonamides is 1. The smallest absolute Gasteiger partial charge is 0.238 e. The number of hydrogen-bond acceptors (Lipinski definition) is 4. The van der Waals surface area contributed by atoms with Crippen LogP contribution < -0.4 is 10.0 Å². The number of benzene rings is 1. The number of thioether (sulfide) groups is 1. The summed E-state index contributed by atoms with van der Waals surface area (Å²) in [5, 5.41) is 4.15. The standard InChI is InChI=1S/C19H28N2O3S2/c1-25-14-12-18(19(22)20-17-10-6-3-7-11-17)21-26(23,24)15-13-16-8-4-2-5-9-16/h2,4-5,8-9,13,15,17-18,21H,3,6-7,10-12,14H2,1H3,(H,20,22)/b15-13+/t18-/m1/s1. The molecule has 2 rings (SSSR count). The summed E-state index contributed by atoms with van der Waals surface area (Å²) in [6.07, 6.45) is 9.34. The van der Waals surface area contributed by atoms with Crippen molar-refractivity contribution in [2.45, 2.75) is 50.6 Å². The number of hydrogen-bond donors (Lipinski definition) is 2. The first-order valence-corrected chi connectivity index (χ1v) is 12.0. The highest BCUT2D eigenvalue weighted by atomic mass is 32.2. The van der Waals surface area contributed by atoms with Gasteiger partial charge in [-0.1, -0.05) is 49.6 Å². The van der Waals surface area contributed by atoms with E-state index in [2.05, 4.69) is 10.0 Å². The second-order valence-corrected chi connectivity index (χ2v) is 9.14. The Morgan fingerprint density at radius 2 is 1.92 bits per heavy atom. The van der Waals surface area contributed by atoms with Crippen molar-refractivity contribution < 1.29 is 13.2 Å². The first kappa shape index (κ1) is 21.0. The average molecular weight is 397 g/mol. The summed E-state index contributed by atoms with van der Waals surface area (Å²) in [6, 6.07) is 8.64. The molecule has 0 aromatic heterocycles. The lowest BCUT2D eigenvalue weighted by molar-refractivity contribution is -0.123. The third-order valence-electron chi connectivity index (χ3n) is 4.42. The number of carbonyl (C=O) groups is 1. The molecule has 0 aliphatic heterocycles. The Hall–Kier alpha value is -1.31. The second-order valence-electron chi connectivity index (χ2n) is 6.55. The van der Waals surface area contributed by atoms with Crippen LogP contribution in [-0.2, 0) is 14.8 Å². The van der Waals surface area contributed by atoms with Crippen LogP contribution in [0.2, 0.25) is 0 Å². The Labute approximate surface area is 161 Å². The van der Waals surface area contributed by atoms with Crippen LogP contribution >= 0.6 is 11.8 Å². The van der Waals surface area contributed by atoms with Gasteiger partial charge in [-0.25, -0.2) is 8.42 Å². The van der Waals surface area contributed by atoms with Gasteiger partial charge in [0, 0.05) is 11.4 Å². The maximum Gasteiger partial charge on any atom is 0.238 e. The average Bonchev–Trinajstić information content (AvgIpc) is 2.65. The summed E-state index contributed by atoms with van der Waals surface area (Å²) in [5.74, 6) is 0.496. The summed E-state index contributed by atoms with van der Waals surface area (Å²) in [6.45, 7) is 0. The van der Waals surface area contributed by atoms with Crippen molar-refractivity contribution in [2.24, 2.45) is 0 Å². The molecule has 0 spiro atoms. The van der Waals surface area contributed by atoms with E-state index in [0.717, 1.165) is 36.7 Å². The quantitative estimate of drug-likeness (QED) is 0.672. The molecule has 7 heteroatoms. The fourth-order valence-corrected chi connectivity index (χ4v) is 4.51. The SMILES string of the molecule is CSCC[C@@H](NS(=O)(=O)/C=C/c1ccccc1)C(=O)NC1CCCCC1. The summed E-state index contributed by atoms with van der Waals surface area (Å²) in [7, 11) is -3.70.